The van der Waals surface area contributed by atoms with Gasteiger partial charge in [-0.05, 0) is 24.9 Å². The van der Waals surface area contributed by atoms with Crippen molar-refractivity contribution >= 4 is 9.84 Å². The molecule has 4 heteroatoms. The van der Waals surface area contributed by atoms with Gasteiger partial charge in [-0.1, -0.05) is 57.5 Å². The third-order valence-electron chi connectivity index (χ3n) is 3.65. The van der Waals surface area contributed by atoms with Gasteiger partial charge in [-0.3, -0.25) is 0 Å². The van der Waals surface area contributed by atoms with Crippen molar-refractivity contribution in [2.24, 2.45) is 5.92 Å². The van der Waals surface area contributed by atoms with E-state index in [1.54, 1.807) is 0 Å². The van der Waals surface area contributed by atoms with E-state index in [9.17, 15) is 8.42 Å². The van der Waals surface area contributed by atoms with E-state index in [2.05, 4.69) is 5.32 Å². The molecule has 1 aromatic carbocycles. The summed E-state index contributed by atoms with van der Waals surface area (Å²) in [6.07, 6.45) is 1.64. The van der Waals surface area contributed by atoms with E-state index < -0.39 is 9.84 Å². The molecule has 0 fully saturated rings. The Hall–Kier alpha value is -0.870. The maximum absolute atomic E-state index is 12.7. The second-order valence-electron chi connectivity index (χ2n) is 5.61. The fourth-order valence-electron chi connectivity index (χ4n) is 2.67. The minimum Gasteiger partial charge on any atom is -0.312 e. The van der Waals surface area contributed by atoms with Crippen LogP contribution in [0.15, 0.2) is 30.3 Å². The third-order valence-corrected chi connectivity index (χ3v) is 6.16. The maximum atomic E-state index is 12.7. The van der Waals surface area contributed by atoms with Gasteiger partial charge >= 0.3 is 0 Å². The topological polar surface area (TPSA) is 46.2 Å². The van der Waals surface area contributed by atoms with Crippen molar-refractivity contribution in [3.8, 4) is 0 Å². The molecule has 0 aromatic heterocycles. The Balaban J connectivity index is 3.11. The molecule has 0 amide bonds. The van der Waals surface area contributed by atoms with Crippen molar-refractivity contribution in [2.75, 3.05) is 12.8 Å². The Morgan fingerprint density at radius 1 is 1.15 bits per heavy atom. The van der Waals surface area contributed by atoms with Crippen LogP contribution in [0, 0.1) is 5.92 Å². The lowest BCUT2D eigenvalue weighted by Crippen LogP contribution is -2.40. The quantitative estimate of drug-likeness (QED) is 0.801. The van der Waals surface area contributed by atoms with E-state index in [0.29, 0.717) is 0 Å². The van der Waals surface area contributed by atoms with Crippen molar-refractivity contribution in [1.29, 1.82) is 0 Å². The Morgan fingerprint density at radius 2 is 1.75 bits per heavy atom. The summed E-state index contributed by atoms with van der Waals surface area (Å²) in [5.74, 6) is 0.353. The smallest absolute Gasteiger partial charge is 0.155 e. The van der Waals surface area contributed by atoms with Gasteiger partial charge in [0.15, 0.2) is 9.84 Å². The zero-order valence-electron chi connectivity index (χ0n) is 13.0. The summed E-state index contributed by atoms with van der Waals surface area (Å²) in [6, 6.07) is 9.69. The highest BCUT2D eigenvalue weighted by Gasteiger charge is 2.35. The lowest BCUT2D eigenvalue weighted by molar-refractivity contribution is 0.441. The molecule has 2 unspecified atom stereocenters. The molecule has 0 saturated carbocycles. The van der Waals surface area contributed by atoms with E-state index in [4.69, 9.17) is 0 Å². The van der Waals surface area contributed by atoms with Crippen molar-refractivity contribution in [2.45, 2.75) is 44.9 Å². The molecule has 0 heterocycles. The molecule has 1 rings (SSSR count). The molecule has 20 heavy (non-hydrogen) atoms. The van der Waals surface area contributed by atoms with Gasteiger partial charge in [-0.2, -0.15) is 0 Å². The van der Waals surface area contributed by atoms with Crippen LogP contribution in [0.2, 0.25) is 0 Å². The highest BCUT2D eigenvalue weighted by Crippen LogP contribution is 2.28. The Labute approximate surface area is 123 Å². The second-order valence-corrected chi connectivity index (χ2v) is 7.88. The largest absolute Gasteiger partial charge is 0.312 e. The maximum Gasteiger partial charge on any atom is 0.155 e. The van der Waals surface area contributed by atoms with Gasteiger partial charge in [0.25, 0.3) is 0 Å². The molecule has 2 atom stereocenters. The first-order valence-electron chi connectivity index (χ1n) is 7.37. The standard InChI is InChI=1S/C16H27NO2S/c1-5-6-12-20(18,19)16(13(2)3)15(17-4)14-10-8-7-9-11-14/h7-11,13,15-17H,5-6,12H2,1-4H3. The monoisotopic (exact) mass is 297 g/mol. The van der Waals surface area contributed by atoms with Crippen molar-refractivity contribution < 1.29 is 8.42 Å². The summed E-state index contributed by atoms with van der Waals surface area (Å²) >= 11 is 0. The van der Waals surface area contributed by atoms with Crippen LogP contribution in [-0.2, 0) is 9.84 Å². The molecular weight excluding hydrogens is 270 g/mol. The molecular formula is C16H27NO2S. The number of rotatable bonds is 8. The lowest BCUT2D eigenvalue weighted by atomic mass is 9.96. The summed E-state index contributed by atoms with van der Waals surface area (Å²) in [5.41, 5.74) is 1.04. The van der Waals surface area contributed by atoms with Crippen LogP contribution >= 0.6 is 0 Å². The van der Waals surface area contributed by atoms with Gasteiger partial charge in [0.2, 0.25) is 0 Å². The van der Waals surface area contributed by atoms with Gasteiger partial charge in [0, 0.05) is 6.04 Å². The lowest BCUT2D eigenvalue weighted by Gasteiger charge is -2.30. The van der Waals surface area contributed by atoms with Gasteiger partial charge in [-0.15, -0.1) is 0 Å². The Morgan fingerprint density at radius 3 is 2.20 bits per heavy atom. The molecule has 0 bridgehead atoms. The predicted octanol–water partition coefficient (Wildman–Crippen LogP) is 3.19. The van der Waals surface area contributed by atoms with Crippen molar-refractivity contribution in [3.63, 3.8) is 0 Å². The van der Waals surface area contributed by atoms with Crippen LogP contribution in [-0.4, -0.2) is 26.5 Å². The number of unbranched alkanes of at least 4 members (excludes halogenated alkanes) is 1. The van der Waals surface area contributed by atoms with Crippen LogP contribution in [0.1, 0.15) is 45.2 Å². The van der Waals surface area contributed by atoms with Crippen LogP contribution in [0.5, 0.6) is 0 Å². The fourth-order valence-corrected chi connectivity index (χ4v) is 5.17. The van der Waals surface area contributed by atoms with Crippen molar-refractivity contribution in [3.05, 3.63) is 35.9 Å². The average molecular weight is 297 g/mol. The molecule has 0 radical (unpaired) electrons. The molecule has 0 saturated heterocycles. The van der Waals surface area contributed by atoms with Crippen molar-refractivity contribution in [1.82, 2.24) is 5.32 Å². The Kier molecular flexibility index (Phi) is 6.69. The van der Waals surface area contributed by atoms with Gasteiger partial charge in [-0.25, -0.2) is 8.42 Å². The van der Waals surface area contributed by atoms with E-state index in [1.807, 2.05) is 58.2 Å². The molecule has 1 N–H and O–H groups in total. The van der Waals surface area contributed by atoms with E-state index in [0.717, 1.165) is 18.4 Å². The van der Waals surface area contributed by atoms with Crippen LogP contribution in [0.25, 0.3) is 0 Å². The van der Waals surface area contributed by atoms with Gasteiger partial charge < -0.3 is 5.32 Å². The zero-order valence-corrected chi connectivity index (χ0v) is 13.8. The highest BCUT2D eigenvalue weighted by molar-refractivity contribution is 7.92. The van der Waals surface area contributed by atoms with Crippen LogP contribution in [0.4, 0.5) is 0 Å². The molecule has 1 aromatic rings. The fraction of sp³-hybridized carbons (Fsp3) is 0.625. The number of hydrogen-bond acceptors (Lipinski definition) is 3. The summed E-state index contributed by atoms with van der Waals surface area (Å²) in [5, 5.41) is 2.82. The number of benzene rings is 1. The number of sulfone groups is 1. The third kappa shape index (κ3) is 4.32. The van der Waals surface area contributed by atoms with Gasteiger partial charge in [0.05, 0.1) is 11.0 Å². The van der Waals surface area contributed by atoms with Crippen LogP contribution in [0.3, 0.4) is 0 Å². The first-order chi connectivity index (χ1) is 9.44. The predicted molar refractivity (Wildman–Crippen MR) is 85.6 cm³/mol. The normalized spacial score (nSPS) is 15.2. The zero-order chi connectivity index (χ0) is 15.2. The molecule has 3 nitrogen and oxygen atoms in total. The minimum absolute atomic E-state index is 0.0783. The summed E-state index contributed by atoms with van der Waals surface area (Å²) in [6.45, 7) is 6.00. The van der Waals surface area contributed by atoms with E-state index >= 15 is 0 Å². The van der Waals surface area contributed by atoms with E-state index in [-0.39, 0.29) is 23.0 Å². The van der Waals surface area contributed by atoms with Gasteiger partial charge in [0.1, 0.15) is 0 Å². The van der Waals surface area contributed by atoms with Crippen LogP contribution < -0.4 is 5.32 Å². The number of nitrogens with one attached hydrogen (secondary N) is 1. The molecule has 0 aliphatic carbocycles. The molecule has 0 aliphatic rings. The summed E-state index contributed by atoms with van der Waals surface area (Å²) in [7, 11) is -1.27. The average Bonchev–Trinajstić information content (AvgIpc) is 2.42. The minimum atomic E-state index is -3.11. The second kappa shape index (κ2) is 7.79. The molecule has 114 valence electrons. The Bertz CT molecular complexity index is 482. The SMILES string of the molecule is CCCCS(=O)(=O)C(C(C)C)C(NC)c1ccccc1. The van der Waals surface area contributed by atoms with E-state index in [1.165, 1.54) is 0 Å². The number of hydrogen-bond donors (Lipinski definition) is 1. The molecule has 0 spiro atoms. The molecule has 0 aliphatic heterocycles. The first-order valence-corrected chi connectivity index (χ1v) is 9.09. The first kappa shape index (κ1) is 17.2. The summed E-state index contributed by atoms with van der Waals surface area (Å²) < 4.78 is 25.3. The summed E-state index contributed by atoms with van der Waals surface area (Å²) in [4.78, 5) is 0. The highest BCUT2D eigenvalue weighted by atomic mass is 32.2.